The normalized spacial score (nSPS) is 10.1. The number of anilines is 1. The van der Waals surface area contributed by atoms with Gasteiger partial charge in [0.05, 0.1) is 0 Å². The van der Waals surface area contributed by atoms with Crippen molar-refractivity contribution < 1.29 is 0 Å². The summed E-state index contributed by atoms with van der Waals surface area (Å²) < 4.78 is 0. The van der Waals surface area contributed by atoms with E-state index in [2.05, 4.69) is 32.2 Å². The third-order valence-electron chi connectivity index (χ3n) is 2.13. The molecule has 0 spiro atoms. The Morgan fingerprint density at radius 1 is 1.56 bits per heavy atom. The van der Waals surface area contributed by atoms with Gasteiger partial charge in [-0.1, -0.05) is 6.08 Å². The Morgan fingerprint density at radius 2 is 2.39 bits per heavy atom. The zero-order valence-corrected chi connectivity index (χ0v) is 10.8. The third kappa shape index (κ3) is 2.95. The first-order valence-corrected chi connectivity index (χ1v) is 6.25. The van der Waals surface area contributed by atoms with Crippen LogP contribution in [0.3, 0.4) is 0 Å². The molecule has 18 heavy (non-hydrogen) atoms. The number of aromatic amines is 1. The van der Waals surface area contributed by atoms with Crippen LogP contribution in [0.15, 0.2) is 24.2 Å². The van der Waals surface area contributed by atoms with E-state index in [1.165, 1.54) is 11.3 Å². The van der Waals surface area contributed by atoms with Gasteiger partial charge in [-0.2, -0.15) is 0 Å². The maximum absolute atomic E-state index is 7.62. The third-order valence-corrected chi connectivity index (χ3v) is 2.89. The highest BCUT2D eigenvalue weighted by atomic mass is 32.1. The number of thiazole rings is 1. The molecule has 2 heterocycles. The van der Waals surface area contributed by atoms with Gasteiger partial charge in [-0.15, -0.1) is 17.9 Å². The lowest BCUT2D eigenvalue weighted by Crippen LogP contribution is -2.29. The molecule has 0 fully saturated rings. The van der Waals surface area contributed by atoms with Crippen LogP contribution < -0.4 is 10.6 Å². The molecule has 0 radical (unpaired) electrons. The van der Waals surface area contributed by atoms with Crippen LogP contribution in [0.25, 0.3) is 11.4 Å². The Labute approximate surface area is 109 Å². The molecule has 2 aromatic rings. The van der Waals surface area contributed by atoms with Gasteiger partial charge in [0.15, 0.2) is 11.1 Å². The van der Waals surface area contributed by atoms with Gasteiger partial charge in [-0.05, 0) is 6.92 Å². The molecule has 4 N–H and O–H groups in total. The van der Waals surface area contributed by atoms with Crippen LogP contribution in [0.4, 0.5) is 5.13 Å². The lowest BCUT2D eigenvalue weighted by molar-refractivity contribution is 1.02. The Bertz CT molecular complexity index is 555. The van der Waals surface area contributed by atoms with Gasteiger partial charge in [0, 0.05) is 18.1 Å². The van der Waals surface area contributed by atoms with Gasteiger partial charge >= 0.3 is 0 Å². The van der Waals surface area contributed by atoms with Crippen LogP contribution in [0, 0.1) is 12.3 Å². The highest BCUT2D eigenvalue weighted by Gasteiger charge is 2.07. The maximum Gasteiger partial charge on any atom is 0.194 e. The number of nitrogens with zero attached hydrogens (tertiary/aromatic N) is 2. The van der Waals surface area contributed by atoms with E-state index in [1.807, 2.05) is 18.5 Å². The van der Waals surface area contributed by atoms with Crippen molar-refractivity contribution in [2.24, 2.45) is 0 Å². The number of aryl methyl sites for hydroxylation is 1. The Morgan fingerprint density at radius 3 is 3.06 bits per heavy atom. The van der Waals surface area contributed by atoms with E-state index in [0.29, 0.717) is 11.7 Å². The molecule has 0 aliphatic heterocycles. The standard InChI is InChI=1S/C11H14N6S/c1-3-4-13-10(12)17-11-16-9(6-18-11)8-5-14-7(2)15-8/h3,5-6H,1,4H2,2H3,(H,14,15)(H3,12,13,16,17). The quantitative estimate of drug-likeness (QED) is 0.385. The van der Waals surface area contributed by atoms with Crippen LogP contribution in [-0.2, 0) is 0 Å². The lowest BCUT2D eigenvalue weighted by atomic mass is 10.4. The summed E-state index contributed by atoms with van der Waals surface area (Å²) in [6.07, 6.45) is 3.51. The minimum atomic E-state index is 0.203. The summed E-state index contributed by atoms with van der Waals surface area (Å²) in [6, 6.07) is 0. The predicted molar refractivity (Wildman–Crippen MR) is 74.0 cm³/mol. The second-order valence-corrected chi connectivity index (χ2v) is 4.44. The molecule has 0 aliphatic carbocycles. The average Bonchev–Trinajstić information content (AvgIpc) is 2.95. The molecule has 0 bridgehead atoms. The zero-order valence-electron chi connectivity index (χ0n) is 9.95. The average molecular weight is 262 g/mol. The Balaban J connectivity index is 2.02. The molecule has 7 heteroatoms. The number of hydrogen-bond donors (Lipinski definition) is 4. The monoisotopic (exact) mass is 262 g/mol. The summed E-state index contributed by atoms with van der Waals surface area (Å²) in [7, 11) is 0. The van der Waals surface area contributed by atoms with Gasteiger partial charge in [0.1, 0.15) is 17.2 Å². The van der Waals surface area contributed by atoms with E-state index in [9.17, 15) is 0 Å². The van der Waals surface area contributed by atoms with Gasteiger partial charge < -0.3 is 15.6 Å². The van der Waals surface area contributed by atoms with Crippen molar-refractivity contribution in [2.45, 2.75) is 6.92 Å². The topological polar surface area (TPSA) is 89.5 Å². The molecule has 0 amide bonds. The van der Waals surface area contributed by atoms with Crippen molar-refractivity contribution in [2.75, 3.05) is 11.9 Å². The van der Waals surface area contributed by atoms with E-state index in [1.54, 1.807) is 6.08 Å². The largest absolute Gasteiger partial charge is 0.353 e. The van der Waals surface area contributed by atoms with Crippen molar-refractivity contribution in [1.29, 1.82) is 5.41 Å². The van der Waals surface area contributed by atoms with E-state index >= 15 is 0 Å². The second kappa shape index (κ2) is 5.46. The lowest BCUT2D eigenvalue weighted by Gasteiger charge is -2.04. The second-order valence-electron chi connectivity index (χ2n) is 3.58. The van der Waals surface area contributed by atoms with Crippen molar-refractivity contribution in [1.82, 2.24) is 20.3 Å². The van der Waals surface area contributed by atoms with Crippen molar-refractivity contribution in [3.05, 3.63) is 30.1 Å². The highest BCUT2D eigenvalue weighted by molar-refractivity contribution is 7.14. The van der Waals surface area contributed by atoms with Crippen molar-refractivity contribution in [3.8, 4) is 11.4 Å². The molecule has 0 saturated heterocycles. The first-order chi connectivity index (χ1) is 8.69. The number of H-pyrrole nitrogens is 1. The molecule has 6 nitrogen and oxygen atoms in total. The van der Waals surface area contributed by atoms with Gasteiger partial charge in [-0.3, -0.25) is 5.41 Å². The van der Waals surface area contributed by atoms with Gasteiger partial charge in [0.2, 0.25) is 0 Å². The fraction of sp³-hybridized carbons (Fsp3) is 0.182. The fourth-order valence-electron chi connectivity index (χ4n) is 1.32. The first kappa shape index (κ1) is 12.3. The molecule has 0 atom stereocenters. The Hall–Kier alpha value is -2.15. The van der Waals surface area contributed by atoms with E-state index in [-0.39, 0.29) is 5.96 Å². The summed E-state index contributed by atoms with van der Waals surface area (Å²) in [5, 5.41) is 15.9. The highest BCUT2D eigenvalue weighted by Crippen LogP contribution is 2.23. The van der Waals surface area contributed by atoms with Gasteiger partial charge in [-0.25, -0.2) is 9.97 Å². The molecule has 0 unspecified atom stereocenters. The number of guanidine groups is 1. The van der Waals surface area contributed by atoms with Crippen molar-refractivity contribution in [3.63, 3.8) is 0 Å². The first-order valence-electron chi connectivity index (χ1n) is 5.37. The van der Waals surface area contributed by atoms with Crippen LogP contribution in [-0.4, -0.2) is 27.5 Å². The van der Waals surface area contributed by atoms with Crippen LogP contribution >= 0.6 is 11.3 Å². The molecule has 0 aromatic carbocycles. The van der Waals surface area contributed by atoms with Crippen LogP contribution in [0.1, 0.15) is 5.82 Å². The minimum Gasteiger partial charge on any atom is -0.353 e. The summed E-state index contributed by atoms with van der Waals surface area (Å²) in [6.45, 7) is 6.01. The number of rotatable bonds is 4. The molecule has 94 valence electrons. The van der Waals surface area contributed by atoms with E-state index in [0.717, 1.165) is 17.2 Å². The number of aromatic nitrogens is 3. The van der Waals surface area contributed by atoms with E-state index in [4.69, 9.17) is 5.41 Å². The summed E-state index contributed by atoms with van der Waals surface area (Å²) >= 11 is 1.43. The smallest absolute Gasteiger partial charge is 0.194 e. The molecule has 0 saturated carbocycles. The molecule has 2 rings (SSSR count). The minimum absolute atomic E-state index is 0.203. The molecular weight excluding hydrogens is 248 g/mol. The predicted octanol–water partition coefficient (Wildman–Crippen LogP) is 1.96. The molecule has 2 aromatic heterocycles. The van der Waals surface area contributed by atoms with Crippen LogP contribution in [0.5, 0.6) is 0 Å². The molecular formula is C11H14N6S. The molecule has 0 aliphatic rings. The van der Waals surface area contributed by atoms with Crippen molar-refractivity contribution >= 4 is 22.4 Å². The summed E-state index contributed by atoms with van der Waals surface area (Å²) in [4.78, 5) is 11.7. The number of hydrogen-bond acceptors (Lipinski definition) is 4. The van der Waals surface area contributed by atoms with Gasteiger partial charge in [0.25, 0.3) is 0 Å². The Kier molecular flexibility index (Phi) is 3.73. The zero-order chi connectivity index (χ0) is 13.0. The summed E-state index contributed by atoms with van der Waals surface area (Å²) in [5.74, 6) is 1.06. The van der Waals surface area contributed by atoms with Crippen LogP contribution in [0.2, 0.25) is 0 Å². The van der Waals surface area contributed by atoms with E-state index < -0.39 is 0 Å². The number of nitrogens with one attached hydrogen (secondary N) is 4. The fourth-order valence-corrected chi connectivity index (χ4v) is 2.03. The number of imidazole rings is 1. The maximum atomic E-state index is 7.62. The summed E-state index contributed by atoms with van der Waals surface area (Å²) in [5.41, 5.74) is 1.60. The SMILES string of the molecule is C=CCNC(=N)Nc1nc(-c2c[nH]c(C)n2)cs1.